The number of carbonyl (C=O) groups excluding carboxylic acids is 1. The molecule has 1 amide bonds. The fourth-order valence-electron chi connectivity index (χ4n) is 2.17. The first-order valence-electron chi connectivity index (χ1n) is 5.71. The summed E-state index contributed by atoms with van der Waals surface area (Å²) in [5.41, 5.74) is -0.615. The molecule has 1 fully saturated rings. The zero-order valence-electron chi connectivity index (χ0n) is 9.95. The lowest BCUT2D eigenvalue weighted by Crippen LogP contribution is -2.48. The number of nitrogens with zero attached hydrogens (tertiary/aromatic N) is 1. The maximum atomic E-state index is 11.6. The van der Waals surface area contributed by atoms with Crippen molar-refractivity contribution >= 4 is 11.9 Å². The van der Waals surface area contributed by atoms with Gasteiger partial charge in [0, 0.05) is 13.1 Å². The number of nitrogens with one attached hydrogen (secondary N) is 1. The third-order valence-corrected chi connectivity index (χ3v) is 3.53. The van der Waals surface area contributed by atoms with Gasteiger partial charge in [0.25, 0.3) is 0 Å². The monoisotopic (exact) mass is 228 g/mol. The highest BCUT2D eigenvalue weighted by Crippen LogP contribution is 2.34. The molecule has 0 aliphatic carbocycles. The minimum atomic E-state index is -0.726. The Balaban J connectivity index is 2.56. The van der Waals surface area contributed by atoms with Crippen molar-refractivity contribution in [2.75, 3.05) is 26.7 Å². The van der Waals surface area contributed by atoms with E-state index in [0.717, 1.165) is 0 Å². The summed E-state index contributed by atoms with van der Waals surface area (Å²) in [5.74, 6) is -0.673. The molecule has 92 valence electrons. The minimum Gasteiger partial charge on any atom is -0.481 e. The topological polar surface area (TPSA) is 69.6 Å². The molecular weight excluding hydrogens is 208 g/mol. The Kier molecular flexibility index (Phi) is 4.29. The van der Waals surface area contributed by atoms with Gasteiger partial charge in [-0.05, 0) is 26.3 Å². The summed E-state index contributed by atoms with van der Waals surface area (Å²) in [5, 5.41) is 12.0. The van der Waals surface area contributed by atoms with Crippen LogP contribution >= 0.6 is 0 Å². The van der Waals surface area contributed by atoms with E-state index in [-0.39, 0.29) is 5.91 Å². The summed E-state index contributed by atoms with van der Waals surface area (Å²) in [7, 11) is 1.73. The van der Waals surface area contributed by atoms with Gasteiger partial charge in [-0.1, -0.05) is 6.92 Å². The average molecular weight is 228 g/mol. The van der Waals surface area contributed by atoms with E-state index in [1.165, 1.54) is 0 Å². The van der Waals surface area contributed by atoms with Gasteiger partial charge in [0.1, 0.15) is 0 Å². The number of carbonyl (C=O) groups is 2. The molecule has 1 heterocycles. The number of likely N-dealkylation sites (N-methyl/N-ethyl adjacent to an activating group) is 1. The quantitative estimate of drug-likeness (QED) is 0.726. The highest BCUT2D eigenvalue weighted by atomic mass is 16.4. The van der Waals surface area contributed by atoms with Crippen LogP contribution in [0.2, 0.25) is 0 Å². The van der Waals surface area contributed by atoms with Crippen LogP contribution in [0, 0.1) is 5.41 Å². The molecule has 0 unspecified atom stereocenters. The molecule has 1 aliphatic heterocycles. The third kappa shape index (κ3) is 2.52. The highest BCUT2D eigenvalue weighted by Gasteiger charge is 2.40. The van der Waals surface area contributed by atoms with Crippen LogP contribution in [-0.2, 0) is 9.59 Å². The Morgan fingerprint density at radius 2 is 1.94 bits per heavy atom. The van der Waals surface area contributed by atoms with Gasteiger partial charge in [0.2, 0.25) is 5.91 Å². The first kappa shape index (κ1) is 13.0. The molecule has 0 spiro atoms. The number of hydrogen-bond donors (Lipinski definition) is 2. The smallest absolute Gasteiger partial charge is 0.309 e. The molecule has 5 nitrogen and oxygen atoms in total. The molecule has 5 heteroatoms. The van der Waals surface area contributed by atoms with Crippen LogP contribution in [-0.4, -0.2) is 48.6 Å². The highest BCUT2D eigenvalue weighted by molar-refractivity contribution is 5.79. The van der Waals surface area contributed by atoms with Gasteiger partial charge in [-0.15, -0.1) is 0 Å². The first-order valence-corrected chi connectivity index (χ1v) is 5.71. The number of likely N-dealkylation sites (tertiary alicyclic amines) is 1. The third-order valence-electron chi connectivity index (χ3n) is 3.53. The van der Waals surface area contributed by atoms with Crippen LogP contribution in [0.3, 0.4) is 0 Å². The van der Waals surface area contributed by atoms with Gasteiger partial charge in [0.15, 0.2) is 0 Å². The van der Waals surface area contributed by atoms with E-state index >= 15 is 0 Å². The Morgan fingerprint density at radius 3 is 2.31 bits per heavy atom. The second-order valence-corrected chi connectivity index (χ2v) is 4.35. The normalized spacial score (nSPS) is 19.5. The lowest BCUT2D eigenvalue weighted by Gasteiger charge is -2.38. The Morgan fingerprint density at radius 1 is 1.38 bits per heavy atom. The number of piperidine rings is 1. The molecular formula is C11H20N2O3. The molecule has 0 atom stereocenters. The van der Waals surface area contributed by atoms with E-state index in [1.54, 1.807) is 11.9 Å². The lowest BCUT2D eigenvalue weighted by atomic mass is 9.76. The Hall–Kier alpha value is -1.10. The number of carboxylic acid groups (broad SMARTS) is 1. The first-order chi connectivity index (χ1) is 7.55. The van der Waals surface area contributed by atoms with Gasteiger partial charge in [0.05, 0.1) is 12.0 Å². The molecule has 0 aromatic carbocycles. The molecule has 0 aromatic heterocycles. The molecule has 1 aliphatic rings. The number of aliphatic carboxylic acids is 1. The van der Waals surface area contributed by atoms with Crippen LogP contribution in [0.4, 0.5) is 0 Å². The fourth-order valence-corrected chi connectivity index (χ4v) is 2.17. The maximum absolute atomic E-state index is 11.6. The maximum Gasteiger partial charge on any atom is 0.309 e. The molecule has 0 saturated carbocycles. The number of amides is 1. The minimum absolute atomic E-state index is 0.0533. The summed E-state index contributed by atoms with van der Waals surface area (Å²) >= 11 is 0. The summed E-state index contributed by atoms with van der Waals surface area (Å²) < 4.78 is 0. The standard InChI is InChI=1S/C11H20N2O3/c1-3-11(10(15)16)4-6-13(7-5-11)9(14)8-12-2/h12H,3-8H2,1-2H3,(H,15,16). The van der Waals surface area contributed by atoms with Crippen molar-refractivity contribution < 1.29 is 14.7 Å². The number of carboxylic acids is 1. The van der Waals surface area contributed by atoms with E-state index in [1.807, 2.05) is 6.92 Å². The van der Waals surface area contributed by atoms with Crippen LogP contribution < -0.4 is 5.32 Å². The summed E-state index contributed by atoms with van der Waals surface area (Å²) in [6.45, 7) is 3.34. The van der Waals surface area contributed by atoms with Gasteiger partial charge in [-0.3, -0.25) is 9.59 Å². The average Bonchev–Trinajstić information content (AvgIpc) is 2.29. The van der Waals surface area contributed by atoms with Gasteiger partial charge in [-0.2, -0.15) is 0 Å². The molecule has 1 saturated heterocycles. The van der Waals surface area contributed by atoms with Crippen molar-refractivity contribution in [1.82, 2.24) is 10.2 Å². The van der Waals surface area contributed by atoms with Crippen molar-refractivity contribution in [3.63, 3.8) is 0 Å². The Bertz CT molecular complexity index is 270. The largest absolute Gasteiger partial charge is 0.481 e. The van der Waals surface area contributed by atoms with Crippen molar-refractivity contribution in [3.05, 3.63) is 0 Å². The van der Waals surface area contributed by atoms with Crippen LogP contribution in [0.5, 0.6) is 0 Å². The predicted octanol–water partition coefficient (Wildman–Crippen LogP) is 0.309. The number of rotatable bonds is 4. The molecule has 2 N–H and O–H groups in total. The number of hydrogen-bond acceptors (Lipinski definition) is 3. The van der Waals surface area contributed by atoms with Crippen molar-refractivity contribution in [2.45, 2.75) is 26.2 Å². The van der Waals surface area contributed by atoms with Crippen LogP contribution in [0.25, 0.3) is 0 Å². The second kappa shape index (κ2) is 5.30. The van der Waals surface area contributed by atoms with E-state index in [2.05, 4.69) is 5.32 Å². The molecule has 0 radical (unpaired) electrons. The zero-order valence-corrected chi connectivity index (χ0v) is 9.95. The van der Waals surface area contributed by atoms with Gasteiger partial charge < -0.3 is 15.3 Å². The van der Waals surface area contributed by atoms with E-state index < -0.39 is 11.4 Å². The van der Waals surface area contributed by atoms with E-state index in [0.29, 0.717) is 38.9 Å². The summed E-state index contributed by atoms with van der Waals surface area (Å²) in [6, 6.07) is 0. The second-order valence-electron chi connectivity index (χ2n) is 4.35. The van der Waals surface area contributed by atoms with Crippen molar-refractivity contribution in [1.29, 1.82) is 0 Å². The molecule has 0 bridgehead atoms. The molecule has 16 heavy (non-hydrogen) atoms. The van der Waals surface area contributed by atoms with E-state index in [9.17, 15) is 14.7 Å². The fraction of sp³-hybridized carbons (Fsp3) is 0.818. The van der Waals surface area contributed by atoms with Crippen molar-refractivity contribution in [2.24, 2.45) is 5.41 Å². The van der Waals surface area contributed by atoms with Crippen LogP contribution in [0.1, 0.15) is 26.2 Å². The summed E-state index contributed by atoms with van der Waals surface area (Å²) in [4.78, 5) is 24.5. The Labute approximate surface area is 95.8 Å². The lowest BCUT2D eigenvalue weighted by molar-refractivity contribution is -0.154. The molecule has 0 aromatic rings. The van der Waals surface area contributed by atoms with Crippen molar-refractivity contribution in [3.8, 4) is 0 Å². The molecule has 1 rings (SSSR count). The SMILES string of the molecule is CCC1(C(=O)O)CCN(C(=O)CNC)CC1. The van der Waals surface area contributed by atoms with Crippen LogP contribution in [0.15, 0.2) is 0 Å². The van der Waals surface area contributed by atoms with Gasteiger partial charge in [-0.25, -0.2) is 0 Å². The zero-order chi connectivity index (χ0) is 12.2. The van der Waals surface area contributed by atoms with E-state index in [4.69, 9.17) is 0 Å². The summed E-state index contributed by atoms with van der Waals surface area (Å²) in [6.07, 6.45) is 1.76. The predicted molar refractivity (Wildman–Crippen MR) is 60.1 cm³/mol. The van der Waals surface area contributed by atoms with Gasteiger partial charge >= 0.3 is 5.97 Å².